The minimum Gasteiger partial charge on any atom is -0.357 e. The molecule has 1 aromatic carbocycles. The number of nitrogens with zero attached hydrogens (tertiary/aromatic N) is 2. The van der Waals surface area contributed by atoms with Crippen LogP contribution in [0.25, 0.3) is 11.3 Å². The molecule has 88 valence electrons. The fraction of sp³-hybridized carbons (Fsp3) is 0.231. The van der Waals surface area contributed by atoms with E-state index in [1.807, 2.05) is 13.0 Å². The summed E-state index contributed by atoms with van der Waals surface area (Å²) in [5.41, 5.74) is 3.18. The van der Waals surface area contributed by atoms with Gasteiger partial charge in [0.2, 0.25) is 5.95 Å². The largest absolute Gasteiger partial charge is 0.357 e. The van der Waals surface area contributed by atoms with Crippen LogP contribution < -0.4 is 5.32 Å². The monoisotopic (exact) mass is 231 g/mol. The van der Waals surface area contributed by atoms with Gasteiger partial charge in [-0.15, -0.1) is 0 Å². The van der Waals surface area contributed by atoms with Crippen molar-refractivity contribution in [1.82, 2.24) is 9.97 Å². The maximum absolute atomic E-state index is 13.2. The molecule has 1 aromatic heterocycles. The number of hydrogen-bond acceptors (Lipinski definition) is 3. The molecule has 0 atom stereocenters. The molecule has 0 unspecified atom stereocenters. The highest BCUT2D eigenvalue weighted by molar-refractivity contribution is 5.61. The number of rotatable bonds is 2. The van der Waals surface area contributed by atoms with E-state index in [4.69, 9.17) is 0 Å². The molecule has 4 heteroatoms. The molecule has 0 fully saturated rings. The molecule has 0 aliphatic rings. The van der Waals surface area contributed by atoms with Gasteiger partial charge in [-0.1, -0.05) is 0 Å². The molecule has 0 aliphatic carbocycles. The van der Waals surface area contributed by atoms with E-state index in [0.29, 0.717) is 11.5 Å². The Hall–Kier alpha value is -1.97. The molecular formula is C13H14FN3. The van der Waals surface area contributed by atoms with Crippen molar-refractivity contribution in [1.29, 1.82) is 0 Å². The van der Waals surface area contributed by atoms with Crippen molar-refractivity contribution in [2.24, 2.45) is 0 Å². The van der Waals surface area contributed by atoms with Crippen molar-refractivity contribution in [3.63, 3.8) is 0 Å². The molecule has 1 heterocycles. The van der Waals surface area contributed by atoms with Crippen molar-refractivity contribution in [3.05, 3.63) is 41.3 Å². The third kappa shape index (κ3) is 2.41. The zero-order valence-electron chi connectivity index (χ0n) is 10.1. The molecule has 0 bridgehead atoms. The Balaban J connectivity index is 2.52. The van der Waals surface area contributed by atoms with Crippen molar-refractivity contribution in [2.75, 3.05) is 12.4 Å². The third-order valence-electron chi connectivity index (χ3n) is 2.53. The molecule has 0 saturated carbocycles. The van der Waals surface area contributed by atoms with E-state index < -0.39 is 0 Å². The smallest absolute Gasteiger partial charge is 0.223 e. The summed E-state index contributed by atoms with van der Waals surface area (Å²) in [6.07, 6.45) is 0. The minimum atomic E-state index is -0.201. The van der Waals surface area contributed by atoms with Crippen LogP contribution in [0, 0.1) is 19.7 Å². The fourth-order valence-corrected chi connectivity index (χ4v) is 1.63. The van der Waals surface area contributed by atoms with Crippen molar-refractivity contribution < 1.29 is 4.39 Å². The quantitative estimate of drug-likeness (QED) is 0.863. The molecule has 2 aromatic rings. The van der Waals surface area contributed by atoms with Gasteiger partial charge in [-0.3, -0.25) is 0 Å². The van der Waals surface area contributed by atoms with Crippen LogP contribution in [0.2, 0.25) is 0 Å². The molecule has 3 nitrogen and oxygen atoms in total. The van der Waals surface area contributed by atoms with Crippen molar-refractivity contribution >= 4 is 5.95 Å². The van der Waals surface area contributed by atoms with Crippen LogP contribution in [-0.2, 0) is 0 Å². The minimum absolute atomic E-state index is 0.201. The summed E-state index contributed by atoms with van der Waals surface area (Å²) in [7, 11) is 1.77. The van der Waals surface area contributed by atoms with Crippen LogP contribution in [0.15, 0.2) is 24.3 Å². The van der Waals surface area contributed by atoms with Gasteiger partial charge in [0, 0.05) is 18.3 Å². The summed E-state index contributed by atoms with van der Waals surface area (Å²) in [5, 5.41) is 2.91. The van der Waals surface area contributed by atoms with Crippen molar-refractivity contribution in [3.8, 4) is 11.3 Å². The zero-order valence-corrected chi connectivity index (χ0v) is 10.1. The van der Waals surface area contributed by atoms with Crippen LogP contribution in [0.1, 0.15) is 11.3 Å². The molecule has 17 heavy (non-hydrogen) atoms. The van der Waals surface area contributed by atoms with E-state index in [1.54, 1.807) is 26.1 Å². The summed E-state index contributed by atoms with van der Waals surface area (Å²) in [6.45, 7) is 3.65. The van der Waals surface area contributed by atoms with Crippen LogP contribution >= 0.6 is 0 Å². The number of hydrogen-bond donors (Lipinski definition) is 1. The normalized spacial score (nSPS) is 10.4. The van der Waals surface area contributed by atoms with Gasteiger partial charge in [-0.25, -0.2) is 14.4 Å². The van der Waals surface area contributed by atoms with E-state index in [9.17, 15) is 4.39 Å². The van der Waals surface area contributed by atoms with Gasteiger partial charge >= 0.3 is 0 Å². The first kappa shape index (κ1) is 11.5. The Morgan fingerprint density at radius 2 is 1.88 bits per heavy atom. The topological polar surface area (TPSA) is 37.8 Å². The number of aryl methyl sites for hydroxylation is 2. The van der Waals surface area contributed by atoms with E-state index in [-0.39, 0.29) is 5.82 Å². The molecule has 1 N–H and O–H groups in total. The number of benzene rings is 1. The highest BCUT2D eigenvalue weighted by Crippen LogP contribution is 2.21. The predicted molar refractivity (Wildman–Crippen MR) is 66.4 cm³/mol. The molecule has 2 rings (SSSR count). The first-order valence-electron chi connectivity index (χ1n) is 5.40. The van der Waals surface area contributed by atoms with Crippen molar-refractivity contribution in [2.45, 2.75) is 13.8 Å². The summed E-state index contributed by atoms with van der Waals surface area (Å²) in [5.74, 6) is 0.371. The molecule has 0 aliphatic heterocycles. The second-order valence-electron chi connectivity index (χ2n) is 3.93. The Morgan fingerprint density at radius 3 is 2.53 bits per heavy atom. The Bertz CT molecular complexity index is 552. The van der Waals surface area contributed by atoms with Crippen LogP contribution in [-0.4, -0.2) is 17.0 Å². The molecule has 0 amide bonds. The number of anilines is 1. The van der Waals surface area contributed by atoms with Crippen LogP contribution in [0.4, 0.5) is 10.3 Å². The zero-order chi connectivity index (χ0) is 12.4. The summed E-state index contributed by atoms with van der Waals surface area (Å²) >= 11 is 0. The van der Waals surface area contributed by atoms with Gasteiger partial charge in [-0.05, 0) is 43.7 Å². The van der Waals surface area contributed by atoms with Gasteiger partial charge in [0.25, 0.3) is 0 Å². The van der Waals surface area contributed by atoms with E-state index >= 15 is 0 Å². The number of nitrogens with one attached hydrogen (secondary N) is 1. The Kier molecular flexibility index (Phi) is 3.04. The maximum Gasteiger partial charge on any atom is 0.223 e. The standard InChI is InChI=1S/C13H14FN3/c1-8-6-10(4-5-11(8)14)12-7-9(2)16-13(15-3)17-12/h4-7H,1-3H3,(H,15,16,17). The number of aromatic nitrogens is 2. The summed E-state index contributed by atoms with van der Waals surface area (Å²) in [6, 6.07) is 6.86. The number of halogens is 1. The van der Waals surface area contributed by atoms with Crippen LogP contribution in [0.5, 0.6) is 0 Å². The maximum atomic E-state index is 13.2. The highest BCUT2D eigenvalue weighted by atomic mass is 19.1. The average Bonchev–Trinajstić information content (AvgIpc) is 2.32. The van der Waals surface area contributed by atoms with Gasteiger partial charge in [0.05, 0.1) is 5.69 Å². The second-order valence-corrected chi connectivity index (χ2v) is 3.93. The summed E-state index contributed by atoms with van der Waals surface area (Å²) in [4.78, 5) is 8.57. The Morgan fingerprint density at radius 1 is 1.12 bits per heavy atom. The first-order valence-corrected chi connectivity index (χ1v) is 5.40. The van der Waals surface area contributed by atoms with E-state index in [0.717, 1.165) is 17.0 Å². The Labute approximate surface area is 99.7 Å². The van der Waals surface area contributed by atoms with Gasteiger partial charge < -0.3 is 5.32 Å². The predicted octanol–water partition coefficient (Wildman–Crippen LogP) is 2.94. The third-order valence-corrected chi connectivity index (χ3v) is 2.53. The molecule has 0 spiro atoms. The second kappa shape index (κ2) is 4.49. The van der Waals surface area contributed by atoms with E-state index in [1.165, 1.54) is 6.07 Å². The van der Waals surface area contributed by atoms with Gasteiger partial charge in [0.15, 0.2) is 0 Å². The highest BCUT2D eigenvalue weighted by Gasteiger charge is 2.05. The lowest BCUT2D eigenvalue weighted by Crippen LogP contribution is -1.99. The molecule has 0 saturated heterocycles. The van der Waals surface area contributed by atoms with E-state index in [2.05, 4.69) is 15.3 Å². The molecule has 0 radical (unpaired) electrons. The fourth-order valence-electron chi connectivity index (χ4n) is 1.63. The van der Waals surface area contributed by atoms with Gasteiger partial charge in [0.1, 0.15) is 5.82 Å². The lowest BCUT2D eigenvalue weighted by atomic mass is 10.1. The van der Waals surface area contributed by atoms with Crippen LogP contribution in [0.3, 0.4) is 0 Å². The molecular weight excluding hydrogens is 217 g/mol. The lowest BCUT2D eigenvalue weighted by molar-refractivity contribution is 0.619. The SMILES string of the molecule is CNc1nc(C)cc(-c2ccc(F)c(C)c2)n1. The van der Waals surface area contributed by atoms with Gasteiger partial charge in [-0.2, -0.15) is 0 Å². The average molecular weight is 231 g/mol. The lowest BCUT2D eigenvalue weighted by Gasteiger charge is -2.06. The first-order chi connectivity index (χ1) is 8.10. The summed E-state index contributed by atoms with van der Waals surface area (Å²) < 4.78 is 13.2.